The smallest absolute Gasteiger partial charge is 0.0802 e. The van der Waals surface area contributed by atoms with Crippen molar-refractivity contribution in [3.8, 4) is 0 Å². The molecular formula is C12H10Cl2N2. The quantitative estimate of drug-likeness (QED) is 0.890. The molecule has 0 amide bonds. The zero-order valence-corrected chi connectivity index (χ0v) is 9.91. The molecule has 2 N–H and O–H groups in total. The highest BCUT2D eigenvalue weighted by atomic mass is 35.5. The Kier molecular flexibility index (Phi) is 3.44. The Hall–Kier alpha value is -1.09. The third kappa shape index (κ3) is 2.19. The average molecular weight is 253 g/mol. The molecule has 0 aliphatic heterocycles. The number of aromatic nitrogens is 1. The maximum atomic E-state index is 6.09. The normalized spacial score (nSPS) is 12.4. The lowest BCUT2D eigenvalue weighted by Crippen LogP contribution is -2.14. The molecule has 1 atom stereocenters. The van der Waals surface area contributed by atoms with Crippen molar-refractivity contribution in [2.75, 3.05) is 0 Å². The number of hydrogen-bond acceptors (Lipinski definition) is 2. The van der Waals surface area contributed by atoms with Gasteiger partial charge in [-0.3, -0.25) is 4.98 Å². The number of nitrogens with zero attached hydrogens (tertiary/aromatic N) is 1. The molecule has 1 unspecified atom stereocenters. The van der Waals surface area contributed by atoms with Gasteiger partial charge in [0.15, 0.2) is 0 Å². The van der Waals surface area contributed by atoms with Gasteiger partial charge >= 0.3 is 0 Å². The van der Waals surface area contributed by atoms with Crippen LogP contribution in [0.25, 0.3) is 0 Å². The first kappa shape index (κ1) is 11.4. The van der Waals surface area contributed by atoms with Crippen LogP contribution >= 0.6 is 23.2 Å². The van der Waals surface area contributed by atoms with Gasteiger partial charge in [-0.25, -0.2) is 0 Å². The van der Waals surface area contributed by atoms with Gasteiger partial charge in [0, 0.05) is 11.2 Å². The fraction of sp³-hybridized carbons (Fsp3) is 0.0833. The Morgan fingerprint density at radius 1 is 1.00 bits per heavy atom. The average Bonchev–Trinajstić information content (AvgIpc) is 2.29. The van der Waals surface area contributed by atoms with Gasteiger partial charge in [0.05, 0.1) is 16.8 Å². The van der Waals surface area contributed by atoms with Gasteiger partial charge in [0.1, 0.15) is 0 Å². The van der Waals surface area contributed by atoms with Gasteiger partial charge in [0.25, 0.3) is 0 Å². The van der Waals surface area contributed by atoms with E-state index in [2.05, 4.69) is 4.98 Å². The molecule has 2 rings (SSSR count). The van der Waals surface area contributed by atoms with Gasteiger partial charge < -0.3 is 5.73 Å². The Labute approximate surface area is 104 Å². The predicted molar refractivity (Wildman–Crippen MR) is 66.7 cm³/mol. The topological polar surface area (TPSA) is 38.9 Å². The largest absolute Gasteiger partial charge is 0.319 e. The number of benzene rings is 1. The second-order valence-electron chi connectivity index (χ2n) is 3.37. The van der Waals surface area contributed by atoms with E-state index < -0.39 is 6.04 Å². The highest BCUT2D eigenvalue weighted by Crippen LogP contribution is 2.28. The fourth-order valence-electron chi connectivity index (χ4n) is 1.50. The minimum atomic E-state index is -0.401. The molecule has 2 nitrogen and oxygen atoms in total. The van der Waals surface area contributed by atoms with Crippen molar-refractivity contribution in [1.29, 1.82) is 0 Å². The van der Waals surface area contributed by atoms with Crippen LogP contribution in [0.4, 0.5) is 0 Å². The Morgan fingerprint density at radius 2 is 1.69 bits per heavy atom. The molecule has 16 heavy (non-hydrogen) atoms. The van der Waals surface area contributed by atoms with E-state index in [1.54, 1.807) is 24.4 Å². The van der Waals surface area contributed by atoms with Crippen molar-refractivity contribution in [2.24, 2.45) is 5.73 Å². The van der Waals surface area contributed by atoms with Crippen LogP contribution in [0.3, 0.4) is 0 Å². The van der Waals surface area contributed by atoms with Gasteiger partial charge in [-0.05, 0) is 23.8 Å². The Bertz CT molecular complexity index is 454. The standard InChI is InChI=1S/C12H10Cl2N2/c13-9-5-2-1-4-8(9)11(15)12-10(14)6-3-7-16-12/h1-7,11H,15H2. The molecule has 82 valence electrons. The van der Waals surface area contributed by atoms with Crippen molar-refractivity contribution < 1.29 is 0 Å². The van der Waals surface area contributed by atoms with Crippen LogP contribution in [0.5, 0.6) is 0 Å². The molecule has 0 fully saturated rings. The van der Waals surface area contributed by atoms with E-state index >= 15 is 0 Å². The van der Waals surface area contributed by atoms with Crippen LogP contribution in [0.2, 0.25) is 10.0 Å². The van der Waals surface area contributed by atoms with E-state index in [9.17, 15) is 0 Å². The van der Waals surface area contributed by atoms with E-state index in [-0.39, 0.29) is 0 Å². The van der Waals surface area contributed by atoms with E-state index in [0.29, 0.717) is 15.7 Å². The van der Waals surface area contributed by atoms with Crippen LogP contribution < -0.4 is 5.73 Å². The first-order chi connectivity index (χ1) is 7.70. The van der Waals surface area contributed by atoms with Crippen molar-refractivity contribution >= 4 is 23.2 Å². The summed E-state index contributed by atoms with van der Waals surface area (Å²) in [4.78, 5) is 4.18. The number of nitrogens with two attached hydrogens (primary N) is 1. The lowest BCUT2D eigenvalue weighted by Gasteiger charge is -2.14. The van der Waals surface area contributed by atoms with Crippen LogP contribution in [0.1, 0.15) is 17.3 Å². The van der Waals surface area contributed by atoms with Crippen LogP contribution in [-0.4, -0.2) is 4.98 Å². The summed E-state index contributed by atoms with van der Waals surface area (Å²) < 4.78 is 0. The first-order valence-electron chi connectivity index (χ1n) is 4.80. The van der Waals surface area contributed by atoms with Gasteiger partial charge in [0.2, 0.25) is 0 Å². The fourth-order valence-corrected chi connectivity index (χ4v) is 1.99. The molecule has 0 saturated carbocycles. The zero-order chi connectivity index (χ0) is 11.5. The van der Waals surface area contributed by atoms with Crippen LogP contribution in [0.15, 0.2) is 42.6 Å². The first-order valence-corrected chi connectivity index (χ1v) is 5.56. The monoisotopic (exact) mass is 252 g/mol. The van der Waals surface area contributed by atoms with Crippen molar-refractivity contribution in [3.05, 3.63) is 63.9 Å². The maximum absolute atomic E-state index is 6.09. The lowest BCUT2D eigenvalue weighted by atomic mass is 10.0. The molecule has 4 heteroatoms. The van der Waals surface area contributed by atoms with Crippen molar-refractivity contribution in [1.82, 2.24) is 4.98 Å². The van der Waals surface area contributed by atoms with Gasteiger partial charge in [-0.15, -0.1) is 0 Å². The van der Waals surface area contributed by atoms with Crippen LogP contribution in [-0.2, 0) is 0 Å². The second-order valence-corrected chi connectivity index (χ2v) is 4.18. The van der Waals surface area contributed by atoms with Crippen LogP contribution in [0, 0.1) is 0 Å². The molecule has 0 aliphatic carbocycles. The Morgan fingerprint density at radius 3 is 2.38 bits per heavy atom. The summed E-state index contributed by atoms with van der Waals surface area (Å²) in [7, 11) is 0. The second kappa shape index (κ2) is 4.83. The summed E-state index contributed by atoms with van der Waals surface area (Å²) in [6.07, 6.45) is 1.66. The number of rotatable bonds is 2. The van der Waals surface area contributed by atoms with E-state index in [1.807, 2.05) is 18.2 Å². The third-order valence-electron chi connectivity index (χ3n) is 2.32. The zero-order valence-electron chi connectivity index (χ0n) is 8.40. The summed E-state index contributed by atoms with van der Waals surface area (Å²) in [6, 6.07) is 10.6. The summed E-state index contributed by atoms with van der Waals surface area (Å²) >= 11 is 12.1. The molecular weight excluding hydrogens is 243 g/mol. The molecule has 1 aromatic heterocycles. The molecule has 0 saturated heterocycles. The summed E-state index contributed by atoms with van der Waals surface area (Å²) in [5.74, 6) is 0. The highest BCUT2D eigenvalue weighted by Gasteiger charge is 2.15. The lowest BCUT2D eigenvalue weighted by molar-refractivity contribution is 0.829. The molecule has 0 aliphatic rings. The number of halogens is 2. The third-order valence-corrected chi connectivity index (χ3v) is 2.99. The predicted octanol–water partition coefficient (Wildman–Crippen LogP) is 3.44. The van der Waals surface area contributed by atoms with Gasteiger partial charge in [-0.2, -0.15) is 0 Å². The van der Waals surface area contributed by atoms with Crippen molar-refractivity contribution in [3.63, 3.8) is 0 Å². The maximum Gasteiger partial charge on any atom is 0.0802 e. The molecule has 1 heterocycles. The molecule has 0 bridgehead atoms. The van der Waals surface area contributed by atoms with E-state index in [1.165, 1.54) is 0 Å². The minimum absolute atomic E-state index is 0.401. The molecule has 0 spiro atoms. The van der Waals surface area contributed by atoms with Gasteiger partial charge in [-0.1, -0.05) is 41.4 Å². The van der Waals surface area contributed by atoms with E-state index in [4.69, 9.17) is 28.9 Å². The minimum Gasteiger partial charge on any atom is -0.319 e. The molecule has 2 aromatic rings. The number of hydrogen-bond donors (Lipinski definition) is 1. The van der Waals surface area contributed by atoms with Crippen molar-refractivity contribution in [2.45, 2.75) is 6.04 Å². The summed E-state index contributed by atoms with van der Waals surface area (Å²) in [5.41, 5.74) is 7.55. The van der Waals surface area contributed by atoms with E-state index in [0.717, 1.165) is 5.56 Å². The highest BCUT2D eigenvalue weighted by molar-refractivity contribution is 6.32. The molecule has 0 radical (unpaired) electrons. The number of pyridine rings is 1. The molecule has 1 aromatic carbocycles. The Balaban J connectivity index is 2.44. The SMILES string of the molecule is NC(c1ccccc1Cl)c1ncccc1Cl. The summed E-state index contributed by atoms with van der Waals surface area (Å²) in [6.45, 7) is 0. The summed E-state index contributed by atoms with van der Waals surface area (Å²) in [5, 5.41) is 1.17.